The molecule has 16 heavy (non-hydrogen) atoms. The Morgan fingerprint density at radius 3 is 3.19 bits per heavy atom. The molecule has 0 saturated carbocycles. The third-order valence-corrected chi connectivity index (χ3v) is 3.84. The maximum atomic E-state index is 6.12. The van der Waals surface area contributed by atoms with E-state index in [1.165, 1.54) is 24.8 Å². The van der Waals surface area contributed by atoms with E-state index in [1.54, 1.807) is 6.20 Å². The normalized spacial score (nSPS) is 25.6. The maximum Gasteiger partial charge on any atom is 0.0621 e. The lowest BCUT2D eigenvalue weighted by atomic mass is 9.88. The predicted molar refractivity (Wildman–Crippen MR) is 67.8 cm³/mol. The molecule has 2 heterocycles. The van der Waals surface area contributed by atoms with Crippen molar-refractivity contribution in [2.75, 3.05) is 6.54 Å². The van der Waals surface area contributed by atoms with Crippen LogP contribution in [-0.4, -0.2) is 17.6 Å². The molecule has 88 valence electrons. The standard InChI is InChI=1S/C13H19ClN2/c1-2-10-3-6-16-12(7-10)8-11-4-5-15-9-13(11)14/h4-5,9-10,12,16H,2-3,6-8H2,1H3. The smallest absolute Gasteiger partial charge is 0.0621 e. The van der Waals surface area contributed by atoms with Crippen LogP contribution < -0.4 is 5.32 Å². The van der Waals surface area contributed by atoms with Crippen LogP contribution in [0.1, 0.15) is 31.7 Å². The van der Waals surface area contributed by atoms with Crippen LogP contribution in [0.25, 0.3) is 0 Å². The molecule has 2 nitrogen and oxygen atoms in total. The average Bonchev–Trinajstić information content (AvgIpc) is 2.32. The van der Waals surface area contributed by atoms with E-state index in [0.717, 1.165) is 23.9 Å². The Morgan fingerprint density at radius 2 is 2.44 bits per heavy atom. The summed E-state index contributed by atoms with van der Waals surface area (Å²) in [5.41, 5.74) is 1.21. The number of halogens is 1. The molecule has 1 aliphatic heterocycles. The third kappa shape index (κ3) is 2.96. The van der Waals surface area contributed by atoms with Crippen LogP contribution in [0.4, 0.5) is 0 Å². The minimum Gasteiger partial charge on any atom is -0.314 e. The molecular weight excluding hydrogens is 220 g/mol. The van der Waals surface area contributed by atoms with Crippen molar-refractivity contribution in [1.29, 1.82) is 0 Å². The first-order valence-corrected chi connectivity index (χ1v) is 6.49. The highest BCUT2D eigenvalue weighted by Crippen LogP contribution is 2.23. The minimum absolute atomic E-state index is 0.582. The fourth-order valence-electron chi connectivity index (χ4n) is 2.46. The molecule has 1 aromatic heterocycles. The molecule has 0 spiro atoms. The SMILES string of the molecule is CCC1CCNC(Cc2ccncc2Cl)C1. The van der Waals surface area contributed by atoms with Crippen LogP contribution >= 0.6 is 11.6 Å². The first kappa shape index (κ1) is 11.9. The summed E-state index contributed by atoms with van der Waals surface area (Å²) >= 11 is 6.12. The number of hydrogen-bond acceptors (Lipinski definition) is 2. The molecule has 2 rings (SSSR count). The number of rotatable bonds is 3. The van der Waals surface area contributed by atoms with Crippen molar-refractivity contribution in [1.82, 2.24) is 10.3 Å². The Hall–Kier alpha value is -0.600. The van der Waals surface area contributed by atoms with Crippen molar-refractivity contribution in [3.05, 3.63) is 29.0 Å². The van der Waals surface area contributed by atoms with Crippen LogP contribution in [0.5, 0.6) is 0 Å². The molecule has 3 heteroatoms. The summed E-state index contributed by atoms with van der Waals surface area (Å²) in [7, 11) is 0. The van der Waals surface area contributed by atoms with Gasteiger partial charge in [-0.05, 0) is 43.4 Å². The lowest BCUT2D eigenvalue weighted by molar-refractivity contribution is 0.294. The summed E-state index contributed by atoms with van der Waals surface area (Å²) in [6.07, 6.45) is 8.46. The maximum absolute atomic E-state index is 6.12. The summed E-state index contributed by atoms with van der Waals surface area (Å²) < 4.78 is 0. The number of piperidine rings is 1. The van der Waals surface area contributed by atoms with Gasteiger partial charge in [0.15, 0.2) is 0 Å². The van der Waals surface area contributed by atoms with E-state index < -0.39 is 0 Å². The van der Waals surface area contributed by atoms with Gasteiger partial charge in [-0.1, -0.05) is 24.9 Å². The third-order valence-electron chi connectivity index (χ3n) is 3.50. The zero-order valence-corrected chi connectivity index (χ0v) is 10.5. The van der Waals surface area contributed by atoms with Gasteiger partial charge < -0.3 is 5.32 Å². The lowest BCUT2D eigenvalue weighted by Gasteiger charge is -2.30. The summed E-state index contributed by atoms with van der Waals surface area (Å²) in [5, 5.41) is 4.37. The van der Waals surface area contributed by atoms with Crippen molar-refractivity contribution < 1.29 is 0 Å². The monoisotopic (exact) mass is 238 g/mol. The number of aromatic nitrogens is 1. The molecule has 0 aliphatic carbocycles. The van der Waals surface area contributed by atoms with Crippen LogP contribution in [0.15, 0.2) is 18.5 Å². The fourth-order valence-corrected chi connectivity index (χ4v) is 2.65. The van der Waals surface area contributed by atoms with E-state index in [2.05, 4.69) is 17.2 Å². The highest BCUT2D eigenvalue weighted by atomic mass is 35.5. The molecule has 0 aromatic carbocycles. The van der Waals surface area contributed by atoms with Gasteiger partial charge in [0.2, 0.25) is 0 Å². The molecule has 1 fully saturated rings. The van der Waals surface area contributed by atoms with E-state index in [4.69, 9.17) is 11.6 Å². The molecule has 1 N–H and O–H groups in total. The zero-order chi connectivity index (χ0) is 11.4. The van der Waals surface area contributed by atoms with E-state index in [1.807, 2.05) is 12.3 Å². The number of nitrogens with zero attached hydrogens (tertiary/aromatic N) is 1. The van der Waals surface area contributed by atoms with Crippen LogP contribution in [0.3, 0.4) is 0 Å². The summed E-state index contributed by atoms with van der Waals surface area (Å²) in [6.45, 7) is 3.43. The van der Waals surface area contributed by atoms with Crippen LogP contribution in [0, 0.1) is 5.92 Å². The van der Waals surface area contributed by atoms with Gasteiger partial charge >= 0.3 is 0 Å². The van der Waals surface area contributed by atoms with Gasteiger partial charge in [0.05, 0.1) is 5.02 Å². The van der Waals surface area contributed by atoms with E-state index in [-0.39, 0.29) is 0 Å². The molecule has 0 bridgehead atoms. The van der Waals surface area contributed by atoms with Gasteiger partial charge in [0.1, 0.15) is 0 Å². The van der Waals surface area contributed by atoms with E-state index in [9.17, 15) is 0 Å². The predicted octanol–water partition coefficient (Wildman–Crippen LogP) is 3.06. The summed E-state index contributed by atoms with van der Waals surface area (Å²) in [6, 6.07) is 2.61. The molecule has 0 radical (unpaired) electrons. The van der Waals surface area contributed by atoms with Crippen molar-refractivity contribution >= 4 is 11.6 Å². The molecule has 0 amide bonds. The largest absolute Gasteiger partial charge is 0.314 e. The van der Waals surface area contributed by atoms with Gasteiger partial charge in [-0.15, -0.1) is 0 Å². The van der Waals surface area contributed by atoms with E-state index in [0.29, 0.717) is 6.04 Å². The number of nitrogens with one attached hydrogen (secondary N) is 1. The van der Waals surface area contributed by atoms with Crippen LogP contribution in [-0.2, 0) is 6.42 Å². The Bertz CT molecular complexity index is 340. The highest BCUT2D eigenvalue weighted by Gasteiger charge is 2.20. The molecule has 1 saturated heterocycles. The lowest BCUT2D eigenvalue weighted by Crippen LogP contribution is -2.39. The summed E-state index contributed by atoms with van der Waals surface area (Å²) in [5.74, 6) is 0.881. The molecule has 2 atom stereocenters. The van der Waals surface area contributed by atoms with Crippen molar-refractivity contribution in [3.8, 4) is 0 Å². The van der Waals surface area contributed by atoms with Gasteiger partial charge in [-0.2, -0.15) is 0 Å². The fraction of sp³-hybridized carbons (Fsp3) is 0.615. The molecular formula is C13H19ClN2. The number of hydrogen-bond donors (Lipinski definition) is 1. The highest BCUT2D eigenvalue weighted by molar-refractivity contribution is 6.31. The van der Waals surface area contributed by atoms with Crippen molar-refractivity contribution in [2.45, 2.75) is 38.6 Å². The van der Waals surface area contributed by atoms with Gasteiger partial charge in [0.25, 0.3) is 0 Å². The topological polar surface area (TPSA) is 24.9 Å². The number of pyridine rings is 1. The van der Waals surface area contributed by atoms with Crippen molar-refractivity contribution in [3.63, 3.8) is 0 Å². The Balaban J connectivity index is 1.97. The van der Waals surface area contributed by atoms with E-state index >= 15 is 0 Å². The molecule has 1 aliphatic rings. The second-order valence-electron chi connectivity index (χ2n) is 4.62. The van der Waals surface area contributed by atoms with Crippen LogP contribution in [0.2, 0.25) is 5.02 Å². The summed E-state index contributed by atoms with van der Waals surface area (Å²) in [4.78, 5) is 4.02. The second-order valence-corrected chi connectivity index (χ2v) is 5.03. The Kier molecular flexibility index (Phi) is 4.19. The van der Waals surface area contributed by atoms with Crippen molar-refractivity contribution in [2.24, 2.45) is 5.92 Å². The first-order valence-electron chi connectivity index (χ1n) is 6.11. The quantitative estimate of drug-likeness (QED) is 0.876. The minimum atomic E-state index is 0.582. The van der Waals surface area contributed by atoms with Gasteiger partial charge in [-0.25, -0.2) is 0 Å². The second kappa shape index (κ2) is 5.65. The molecule has 1 aromatic rings. The zero-order valence-electron chi connectivity index (χ0n) is 9.75. The van der Waals surface area contributed by atoms with Gasteiger partial charge in [0, 0.05) is 18.4 Å². The average molecular weight is 239 g/mol. The van der Waals surface area contributed by atoms with Gasteiger partial charge in [-0.3, -0.25) is 4.98 Å². The Morgan fingerprint density at radius 1 is 1.56 bits per heavy atom. The first-order chi connectivity index (χ1) is 7.79. The molecule has 2 unspecified atom stereocenters. The Labute approximate surface area is 102 Å².